The van der Waals surface area contributed by atoms with Crippen LogP contribution in [0.15, 0.2) is 48.5 Å². The maximum Gasteiger partial charge on any atom is 0.335 e. The highest BCUT2D eigenvalue weighted by Gasteiger charge is 2.49. The van der Waals surface area contributed by atoms with E-state index in [1.54, 1.807) is 60.2 Å². The minimum absolute atomic E-state index is 0.0157. The fraction of sp³-hybridized carbons (Fsp3) is 0.661. The van der Waals surface area contributed by atoms with Gasteiger partial charge in [-0.1, -0.05) is 85.2 Å². The van der Waals surface area contributed by atoms with Crippen LogP contribution in [-0.2, 0) is 60.7 Å². The molecular weight excluding hydrogens is 1030 g/mol. The number of anilines is 1. The van der Waals surface area contributed by atoms with E-state index in [-0.39, 0.29) is 66.0 Å². The number of methoxy groups -OCH3 is 2. The second-order valence-corrected chi connectivity index (χ2v) is 22.3. The molecule has 0 aromatic heterocycles. The molecule has 4 rings (SSSR count). The number of carbonyl (C=O) groups excluding carboxylic acids is 5. The van der Waals surface area contributed by atoms with Gasteiger partial charge in [0.25, 0.3) is 5.91 Å². The van der Waals surface area contributed by atoms with Gasteiger partial charge in [0, 0.05) is 58.7 Å². The number of benzene rings is 2. The van der Waals surface area contributed by atoms with Gasteiger partial charge in [0.15, 0.2) is 12.1 Å². The zero-order valence-electron chi connectivity index (χ0n) is 47.9. The van der Waals surface area contributed by atoms with Crippen LogP contribution in [0.1, 0.15) is 91.7 Å². The number of aliphatic carboxylic acids is 2. The number of nitrogens with two attached hydrogens (primary N) is 1. The quantitative estimate of drug-likeness (QED) is 0.0524. The summed E-state index contributed by atoms with van der Waals surface area (Å²) in [6.45, 7) is 13.6. The molecule has 2 aromatic carbocycles. The smallest absolute Gasteiger partial charge is 0.335 e. The largest absolute Gasteiger partial charge is 0.480 e. The first-order valence-corrected chi connectivity index (χ1v) is 27.2. The molecule has 10 N–H and O–H groups in total. The molecule has 442 valence electrons. The van der Waals surface area contributed by atoms with Crippen molar-refractivity contribution < 1.29 is 82.5 Å². The summed E-state index contributed by atoms with van der Waals surface area (Å²) in [6, 6.07) is 9.58. The zero-order chi connectivity index (χ0) is 59.2. The Kier molecular flexibility index (Phi) is 24.6. The Hall–Kier alpha value is -5.79. The number of nitrogens with zero attached hydrogens (tertiary/aromatic N) is 3. The lowest BCUT2D eigenvalue weighted by molar-refractivity contribution is -0.922. The Morgan fingerprint density at radius 1 is 0.861 bits per heavy atom. The molecule has 0 bridgehead atoms. The standard InChI is InChI=1S/C56H87N7O16/c1-13-32(6)44(40(76-11)28-42(65)62-25-17-20-38(62)49(77-12)33(7)51(69)59-37(54(72)73)26-34-18-15-14-16-19-34)61(8)53(71)43(30(2)3)60-52(70)45(31(4)5)63(9,10)29-35-21-22-39(36(27-35)58-41(64)23-24-57)78-56-48(68)46(66)47(67)50(79-56)55(74)75/h14-16,18-19,21-22,27,30-33,37-38,40,43-50,56,66-68H,13,17,20,23-26,28-29,57H2,1-12H3,(H4-,58,59,60,64,69,70,72,73,74,75)/p+1/t32-,33+,37-,38-,40-,43-,44-,45-,46+,47-,48-,49+,50-,56+/m0/s1. The average molecular weight is 1120 g/mol. The van der Waals surface area contributed by atoms with E-state index >= 15 is 0 Å². The SMILES string of the molecule is CC[C@H](C)[C@@H]([C@H](CC(=O)N1CCC[C@H]1[C@H](OC)[C@@H](C)C(=O)N[C@@H](Cc1ccccc1)C(=O)O)OC)N(C)C(=O)[C@@H](NC(=O)[C@H](C(C)C)[N+](C)(C)Cc1ccc(O[C@@H]2O[C@H](C(=O)O)[C@@H](O)[C@@H](O)[C@@H]2O)c(NC(=O)CCN)c1)C(C)C. The highest BCUT2D eigenvalue weighted by molar-refractivity contribution is 5.93. The Morgan fingerprint density at radius 3 is 2.08 bits per heavy atom. The molecule has 0 radical (unpaired) electrons. The molecule has 2 aliphatic rings. The number of aliphatic hydroxyl groups excluding tert-OH is 3. The average Bonchev–Trinajstić information content (AvgIpc) is 3.89. The minimum Gasteiger partial charge on any atom is -0.480 e. The summed E-state index contributed by atoms with van der Waals surface area (Å²) in [5, 5.41) is 59.3. The molecule has 79 heavy (non-hydrogen) atoms. The van der Waals surface area contributed by atoms with E-state index in [4.69, 9.17) is 24.7 Å². The topological polar surface area (TPSA) is 326 Å². The number of carboxylic acids is 2. The van der Waals surface area contributed by atoms with Gasteiger partial charge < -0.3 is 80.4 Å². The molecule has 2 aromatic rings. The third-order valence-corrected chi connectivity index (χ3v) is 15.4. The van der Waals surface area contributed by atoms with Crippen LogP contribution in [-0.4, -0.2) is 203 Å². The van der Waals surface area contributed by atoms with Crippen molar-refractivity contribution >= 4 is 47.2 Å². The molecule has 0 saturated carbocycles. The van der Waals surface area contributed by atoms with Crippen molar-refractivity contribution in [1.82, 2.24) is 20.4 Å². The lowest BCUT2D eigenvalue weighted by Crippen LogP contribution is -2.63. The number of hydrogen-bond donors (Lipinski definition) is 9. The summed E-state index contributed by atoms with van der Waals surface area (Å²) >= 11 is 0. The number of hydrogen-bond acceptors (Lipinski definition) is 15. The van der Waals surface area contributed by atoms with Gasteiger partial charge in [-0.05, 0) is 48.4 Å². The molecule has 0 aliphatic carbocycles. The van der Waals surface area contributed by atoms with Crippen LogP contribution in [0.5, 0.6) is 5.75 Å². The number of carboxylic acid groups (broad SMARTS) is 2. The van der Waals surface area contributed by atoms with Gasteiger partial charge in [-0.15, -0.1) is 0 Å². The summed E-state index contributed by atoms with van der Waals surface area (Å²) in [4.78, 5) is 98.0. The van der Waals surface area contributed by atoms with E-state index < -0.39 is 121 Å². The van der Waals surface area contributed by atoms with E-state index in [1.807, 2.05) is 61.7 Å². The number of likely N-dealkylation sites (tertiary alicyclic amines) is 1. The molecule has 0 spiro atoms. The Morgan fingerprint density at radius 2 is 1.52 bits per heavy atom. The van der Waals surface area contributed by atoms with Gasteiger partial charge in [-0.3, -0.25) is 24.0 Å². The number of quaternary nitrogens is 1. The van der Waals surface area contributed by atoms with E-state index in [1.165, 1.54) is 20.3 Å². The Bertz CT molecular complexity index is 2380. The third kappa shape index (κ3) is 16.9. The first kappa shape index (κ1) is 65.7. The number of amides is 5. The molecule has 2 heterocycles. The van der Waals surface area contributed by atoms with Crippen molar-refractivity contribution in [3.63, 3.8) is 0 Å². The van der Waals surface area contributed by atoms with Crippen molar-refractivity contribution in [2.75, 3.05) is 53.8 Å². The zero-order valence-corrected chi connectivity index (χ0v) is 47.9. The number of ether oxygens (including phenoxy) is 4. The predicted octanol–water partition coefficient (Wildman–Crippen LogP) is 1.72. The van der Waals surface area contributed by atoms with Crippen molar-refractivity contribution in [3.05, 3.63) is 59.7 Å². The predicted molar refractivity (Wildman–Crippen MR) is 291 cm³/mol. The molecule has 14 atom stereocenters. The van der Waals surface area contributed by atoms with Crippen molar-refractivity contribution in [3.8, 4) is 5.75 Å². The fourth-order valence-corrected chi connectivity index (χ4v) is 11.1. The van der Waals surface area contributed by atoms with Crippen molar-refractivity contribution in [1.29, 1.82) is 0 Å². The van der Waals surface area contributed by atoms with E-state index in [0.29, 0.717) is 31.4 Å². The minimum atomic E-state index is -1.95. The lowest BCUT2D eigenvalue weighted by atomic mass is 9.89. The first-order valence-electron chi connectivity index (χ1n) is 27.2. The number of nitrogens with one attached hydrogen (secondary N) is 3. The van der Waals surface area contributed by atoms with Crippen LogP contribution in [0.4, 0.5) is 5.69 Å². The van der Waals surface area contributed by atoms with Gasteiger partial charge in [0.05, 0.1) is 56.4 Å². The highest BCUT2D eigenvalue weighted by atomic mass is 16.7. The molecule has 2 fully saturated rings. The van der Waals surface area contributed by atoms with Crippen LogP contribution in [0.3, 0.4) is 0 Å². The summed E-state index contributed by atoms with van der Waals surface area (Å²) in [6.07, 6.45) is -9.33. The normalized spacial score (nSPS) is 22.6. The summed E-state index contributed by atoms with van der Waals surface area (Å²) in [5.74, 6) is -6.60. The summed E-state index contributed by atoms with van der Waals surface area (Å²) in [5.41, 5.74) is 7.09. The molecule has 2 aliphatic heterocycles. The van der Waals surface area contributed by atoms with Crippen LogP contribution in [0.25, 0.3) is 0 Å². The van der Waals surface area contributed by atoms with Crippen LogP contribution in [0, 0.1) is 23.7 Å². The fourth-order valence-electron chi connectivity index (χ4n) is 11.1. The molecule has 23 heteroatoms. The van der Waals surface area contributed by atoms with Crippen LogP contribution in [0.2, 0.25) is 0 Å². The van der Waals surface area contributed by atoms with Gasteiger partial charge in [-0.2, -0.15) is 0 Å². The molecule has 0 unspecified atom stereocenters. The number of rotatable bonds is 29. The summed E-state index contributed by atoms with van der Waals surface area (Å²) < 4.78 is 23.2. The van der Waals surface area contributed by atoms with Crippen molar-refractivity contribution in [2.45, 2.75) is 167 Å². The maximum absolute atomic E-state index is 14.9. The summed E-state index contributed by atoms with van der Waals surface area (Å²) in [7, 11) is 8.29. The first-order chi connectivity index (χ1) is 37.1. The Balaban J connectivity index is 1.54. The van der Waals surface area contributed by atoms with E-state index in [9.17, 15) is 59.1 Å². The second-order valence-electron chi connectivity index (χ2n) is 22.3. The third-order valence-electron chi connectivity index (χ3n) is 15.4. The highest BCUT2D eigenvalue weighted by Crippen LogP contribution is 2.34. The van der Waals surface area contributed by atoms with Gasteiger partial charge in [-0.25, -0.2) is 9.59 Å². The molecule has 5 amide bonds. The van der Waals surface area contributed by atoms with Crippen LogP contribution < -0.4 is 26.4 Å². The second kappa shape index (κ2) is 29.6. The van der Waals surface area contributed by atoms with Gasteiger partial charge in [0.1, 0.15) is 42.7 Å². The van der Waals surface area contributed by atoms with Crippen LogP contribution >= 0.6 is 0 Å². The number of carbonyl (C=O) groups is 7. The maximum atomic E-state index is 14.9. The van der Waals surface area contributed by atoms with Gasteiger partial charge in [0.2, 0.25) is 29.9 Å². The van der Waals surface area contributed by atoms with Gasteiger partial charge >= 0.3 is 11.9 Å². The molecular formula is C56H88N7O16+. The molecule has 2 saturated heterocycles. The molecule has 23 nitrogen and oxygen atoms in total. The Labute approximate surface area is 464 Å². The monoisotopic (exact) mass is 1110 g/mol. The lowest BCUT2D eigenvalue weighted by Gasteiger charge is -2.42. The number of likely N-dealkylation sites (N-methyl/N-ethyl adjacent to an activating group) is 2. The van der Waals surface area contributed by atoms with E-state index in [0.717, 1.165) is 5.56 Å². The number of aliphatic hydroxyl groups is 3. The van der Waals surface area contributed by atoms with Crippen molar-refractivity contribution in [2.24, 2.45) is 29.4 Å². The van der Waals surface area contributed by atoms with E-state index in [2.05, 4.69) is 16.0 Å².